The molecule has 0 unspecified atom stereocenters. The van der Waals surface area contributed by atoms with E-state index in [0.717, 1.165) is 6.07 Å². The van der Waals surface area contributed by atoms with Crippen LogP contribution in [0.1, 0.15) is 16.8 Å². The number of halogens is 1. The molecule has 1 atom stereocenters. The highest BCUT2D eigenvalue weighted by molar-refractivity contribution is 5.94. The molecule has 0 aliphatic carbocycles. The van der Waals surface area contributed by atoms with E-state index in [9.17, 15) is 14.0 Å². The van der Waals surface area contributed by atoms with E-state index in [1.807, 2.05) is 0 Å². The lowest BCUT2D eigenvalue weighted by molar-refractivity contribution is -0.150. The molecule has 1 heterocycles. The Bertz CT molecular complexity index is 635. The van der Waals surface area contributed by atoms with Crippen molar-refractivity contribution in [1.82, 2.24) is 10.2 Å². The summed E-state index contributed by atoms with van der Waals surface area (Å²) < 4.78 is 29.7. The molecular formula is C17H23FN2O5. The molecule has 2 amide bonds. The lowest BCUT2D eigenvalue weighted by Gasteiger charge is -2.42. The van der Waals surface area contributed by atoms with Gasteiger partial charge in [0.2, 0.25) is 5.91 Å². The van der Waals surface area contributed by atoms with Crippen LogP contribution in [0.4, 0.5) is 4.39 Å². The topological polar surface area (TPSA) is 77.1 Å². The summed E-state index contributed by atoms with van der Waals surface area (Å²) in [5.74, 6) is -1.06. The number of nitrogens with one attached hydrogen (secondary N) is 1. The molecule has 1 N–H and O–H groups in total. The molecule has 1 aromatic carbocycles. The van der Waals surface area contributed by atoms with Crippen LogP contribution in [0.25, 0.3) is 0 Å². The summed E-state index contributed by atoms with van der Waals surface area (Å²) in [5, 5.41) is 2.55. The molecular weight excluding hydrogens is 331 g/mol. The summed E-state index contributed by atoms with van der Waals surface area (Å²) in [6.45, 7) is 0.971. The number of nitrogens with zero attached hydrogens (tertiary/aromatic N) is 1. The number of benzene rings is 1. The van der Waals surface area contributed by atoms with Crippen molar-refractivity contribution in [2.75, 3.05) is 47.6 Å². The quantitative estimate of drug-likeness (QED) is 0.819. The minimum atomic E-state index is -0.923. The van der Waals surface area contributed by atoms with Gasteiger partial charge in [0.15, 0.2) is 11.6 Å². The van der Waals surface area contributed by atoms with Gasteiger partial charge in [0.05, 0.1) is 33.3 Å². The fourth-order valence-corrected chi connectivity index (χ4v) is 2.89. The number of carbonyl (C=O) groups is 2. The zero-order valence-corrected chi connectivity index (χ0v) is 14.6. The molecule has 1 fully saturated rings. The van der Waals surface area contributed by atoms with Crippen LogP contribution in [-0.4, -0.2) is 69.9 Å². The van der Waals surface area contributed by atoms with Crippen molar-refractivity contribution < 1.29 is 28.2 Å². The van der Waals surface area contributed by atoms with Crippen LogP contribution in [0.15, 0.2) is 18.2 Å². The highest BCUT2D eigenvalue weighted by Crippen LogP contribution is 2.25. The number of methoxy groups -OCH3 is 2. The van der Waals surface area contributed by atoms with E-state index in [2.05, 4.69) is 5.32 Å². The number of ether oxygens (including phenoxy) is 3. The second-order valence-electron chi connectivity index (χ2n) is 5.89. The highest BCUT2D eigenvalue weighted by Gasteiger charge is 2.40. The van der Waals surface area contributed by atoms with Crippen molar-refractivity contribution in [3.63, 3.8) is 0 Å². The third kappa shape index (κ3) is 4.46. The first-order valence-electron chi connectivity index (χ1n) is 7.91. The fourth-order valence-electron chi connectivity index (χ4n) is 2.89. The number of hydrogen-bond donors (Lipinski definition) is 1. The molecule has 0 aromatic heterocycles. The first-order valence-corrected chi connectivity index (χ1v) is 7.91. The maximum Gasteiger partial charge on any atom is 0.254 e. The third-order valence-corrected chi connectivity index (χ3v) is 4.10. The van der Waals surface area contributed by atoms with E-state index in [1.165, 1.54) is 33.4 Å². The number of carbonyl (C=O) groups excluding carboxylic acids is 2. The molecule has 0 saturated carbocycles. The van der Waals surface area contributed by atoms with Gasteiger partial charge in [-0.15, -0.1) is 0 Å². The van der Waals surface area contributed by atoms with Crippen LogP contribution in [0.2, 0.25) is 0 Å². The van der Waals surface area contributed by atoms with Crippen molar-refractivity contribution in [3.8, 4) is 5.75 Å². The zero-order valence-electron chi connectivity index (χ0n) is 14.6. The Labute approximate surface area is 146 Å². The van der Waals surface area contributed by atoms with Crippen molar-refractivity contribution in [1.29, 1.82) is 0 Å². The molecule has 1 saturated heterocycles. The first kappa shape index (κ1) is 19.1. The minimum absolute atomic E-state index is 0.0676. The largest absolute Gasteiger partial charge is 0.494 e. The molecule has 25 heavy (non-hydrogen) atoms. The van der Waals surface area contributed by atoms with E-state index in [-0.39, 0.29) is 49.3 Å². The number of rotatable bonds is 6. The van der Waals surface area contributed by atoms with Crippen LogP contribution in [0.3, 0.4) is 0 Å². The van der Waals surface area contributed by atoms with Gasteiger partial charge < -0.3 is 24.4 Å². The average Bonchev–Trinajstić information content (AvgIpc) is 2.61. The van der Waals surface area contributed by atoms with Gasteiger partial charge in [-0.2, -0.15) is 0 Å². The van der Waals surface area contributed by atoms with Gasteiger partial charge in [-0.3, -0.25) is 9.59 Å². The van der Waals surface area contributed by atoms with Crippen LogP contribution in [0, 0.1) is 5.82 Å². The van der Waals surface area contributed by atoms with E-state index in [1.54, 1.807) is 4.90 Å². The van der Waals surface area contributed by atoms with E-state index in [0.29, 0.717) is 6.54 Å². The first-order chi connectivity index (χ1) is 11.9. The fraction of sp³-hybridized carbons (Fsp3) is 0.529. The molecule has 1 aliphatic heterocycles. The van der Waals surface area contributed by atoms with Crippen LogP contribution in [0.5, 0.6) is 5.75 Å². The average molecular weight is 354 g/mol. The van der Waals surface area contributed by atoms with Crippen LogP contribution >= 0.6 is 0 Å². The Morgan fingerprint density at radius 2 is 2.16 bits per heavy atom. The molecule has 2 rings (SSSR count). The van der Waals surface area contributed by atoms with E-state index in [4.69, 9.17) is 14.2 Å². The molecule has 1 aromatic rings. The Kier molecular flexibility index (Phi) is 6.33. The van der Waals surface area contributed by atoms with Crippen LogP contribution < -0.4 is 10.1 Å². The van der Waals surface area contributed by atoms with Gasteiger partial charge in [0.25, 0.3) is 5.91 Å². The number of hydrogen-bond acceptors (Lipinski definition) is 5. The summed E-state index contributed by atoms with van der Waals surface area (Å²) in [4.78, 5) is 26.1. The van der Waals surface area contributed by atoms with Crippen molar-refractivity contribution in [3.05, 3.63) is 29.6 Å². The molecule has 138 valence electrons. The Morgan fingerprint density at radius 3 is 2.76 bits per heavy atom. The minimum Gasteiger partial charge on any atom is -0.494 e. The van der Waals surface area contributed by atoms with Gasteiger partial charge in [0, 0.05) is 26.3 Å². The predicted octanol–water partition coefficient (Wildman–Crippen LogP) is 0.828. The SMILES string of the molecule is CNC(=O)C[C@]1(COC)CN(C(=O)c2ccc(OC)c(F)c2)CCO1. The second kappa shape index (κ2) is 8.26. The maximum atomic E-state index is 13.9. The monoisotopic (exact) mass is 354 g/mol. The van der Waals surface area contributed by atoms with Crippen molar-refractivity contribution in [2.24, 2.45) is 0 Å². The summed E-state index contributed by atoms with van der Waals surface area (Å²) in [7, 11) is 4.41. The lowest BCUT2D eigenvalue weighted by Crippen LogP contribution is -2.57. The van der Waals surface area contributed by atoms with Gasteiger partial charge in [-0.25, -0.2) is 4.39 Å². The highest BCUT2D eigenvalue weighted by atomic mass is 19.1. The van der Waals surface area contributed by atoms with E-state index < -0.39 is 11.4 Å². The summed E-state index contributed by atoms with van der Waals surface area (Å²) >= 11 is 0. The summed E-state index contributed by atoms with van der Waals surface area (Å²) in [5.41, 5.74) is -0.709. The summed E-state index contributed by atoms with van der Waals surface area (Å²) in [6, 6.07) is 4.07. The zero-order chi connectivity index (χ0) is 18.4. The Morgan fingerprint density at radius 1 is 1.40 bits per heavy atom. The van der Waals surface area contributed by atoms with Gasteiger partial charge in [0.1, 0.15) is 5.60 Å². The van der Waals surface area contributed by atoms with Crippen molar-refractivity contribution >= 4 is 11.8 Å². The number of amides is 2. The molecule has 0 spiro atoms. The third-order valence-electron chi connectivity index (χ3n) is 4.10. The normalized spacial score (nSPS) is 20.2. The number of morpholine rings is 1. The lowest BCUT2D eigenvalue weighted by atomic mass is 9.97. The standard InChI is InChI=1S/C17H23FN2O5/c1-19-15(21)9-17(11-23-2)10-20(6-7-25-17)16(22)12-4-5-14(24-3)13(18)8-12/h4-5,8H,6-7,9-11H2,1-3H3,(H,19,21)/t17-/m1/s1. The van der Waals surface area contributed by atoms with Gasteiger partial charge >= 0.3 is 0 Å². The van der Waals surface area contributed by atoms with Gasteiger partial charge in [-0.05, 0) is 18.2 Å². The predicted molar refractivity (Wildman–Crippen MR) is 88.1 cm³/mol. The molecule has 0 radical (unpaired) electrons. The Hall–Kier alpha value is -2.19. The second-order valence-corrected chi connectivity index (χ2v) is 5.89. The van der Waals surface area contributed by atoms with Crippen LogP contribution in [-0.2, 0) is 14.3 Å². The molecule has 1 aliphatic rings. The van der Waals surface area contributed by atoms with Gasteiger partial charge in [-0.1, -0.05) is 0 Å². The molecule has 8 heteroatoms. The van der Waals surface area contributed by atoms with Crippen molar-refractivity contribution in [2.45, 2.75) is 12.0 Å². The Balaban J connectivity index is 2.19. The smallest absolute Gasteiger partial charge is 0.254 e. The maximum absolute atomic E-state index is 13.9. The summed E-state index contributed by atoms with van der Waals surface area (Å²) in [6.07, 6.45) is 0.0676. The molecule has 7 nitrogen and oxygen atoms in total. The van der Waals surface area contributed by atoms with E-state index >= 15 is 0 Å². The molecule has 0 bridgehead atoms.